The van der Waals surface area contributed by atoms with Crippen molar-refractivity contribution in [2.75, 3.05) is 23.9 Å². The van der Waals surface area contributed by atoms with Gasteiger partial charge in [-0.1, -0.05) is 0 Å². The Labute approximate surface area is 160 Å². The molecule has 0 spiro atoms. The number of methoxy groups -OCH3 is 1. The molecule has 1 unspecified atom stereocenters. The molecule has 2 heterocycles. The van der Waals surface area contributed by atoms with E-state index in [0.717, 1.165) is 11.0 Å². The Balaban J connectivity index is 1.45. The third-order valence-electron chi connectivity index (χ3n) is 4.71. The number of benzene rings is 2. The number of hydrogen-bond acceptors (Lipinski definition) is 4. The van der Waals surface area contributed by atoms with Gasteiger partial charge in [0.15, 0.2) is 0 Å². The Morgan fingerprint density at radius 3 is 2.86 bits per heavy atom. The Morgan fingerprint density at radius 1 is 1.32 bits per heavy atom. The first-order valence-corrected chi connectivity index (χ1v) is 8.88. The Bertz CT molecular complexity index is 1030. The van der Waals surface area contributed by atoms with Crippen molar-refractivity contribution < 1.29 is 18.7 Å². The molecule has 4 rings (SSSR count). The second-order valence-electron chi connectivity index (χ2n) is 6.72. The number of aromatic amines is 1. The topological polar surface area (TPSA) is 87.3 Å². The normalized spacial score (nSPS) is 16.7. The summed E-state index contributed by atoms with van der Waals surface area (Å²) in [6.07, 6.45) is 0.119. The lowest BCUT2D eigenvalue weighted by Gasteiger charge is -2.16. The smallest absolute Gasteiger partial charge is 0.229 e. The fraction of sp³-hybridized carbons (Fsp3) is 0.250. The zero-order valence-corrected chi connectivity index (χ0v) is 15.2. The number of carbonyl (C=O) groups excluding carboxylic acids is 2. The molecule has 0 bridgehead atoms. The van der Waals surface area contributed by atoms with Gasteiger partial charge in [-0.15, -0.1) is 0 Å². The number of amides is 2. The molecule has 8 heteroatoms. The average Bonchev–Trinajstić information content (AvgIpc) is 3.25. The van der Waals surface area contributed by atoms with Gasteiger partial charge in [-0.2, -0.15) is 0 Å². The van der Waals surface area contributed by atoms with Crippen molar-refractivity contribution in [2.45, 2.75) is 13.0 Å². The third-order valence-corrected chi connectivity index (χ3v) is 4.71. The molecule has 3 aromatic rings. The van der Waals surface area contributed by atoms with Gasteiger partial charge in [0.2, 0.25) is 11.8 Å². The van der Waals surface area contributed by atoms with Crippen molar-refractivity contribution >= 4 is 34.2 Å². The minimum absolute atomic E-state index is 0.119. The fourth-order valence-electron chi connectivity index (χ4n) is 3.34. The van der Waals surface area contributed by atoms with Crippen molar-refractivity contribution in [3.63, 3.8) is 0 Å². The van der Waals surface area contributed by atoms with E-state index in [9.17, 15) is 14.0 Å². The highest BCUT2D eigenvalue weighted by atomic mass is 19.1. The highest BCUT2D eigenvalue weighted by molar-refractivity contribution is 6.03. The van der Waals surface area contributed by atoms with E-state index >= 15 is 0 Å². The zero-order chi connectivity index (χ0) is 19.7. The van der Waals surface area contributed by atoms with E-state index in [1.165, 1.54) is 29.2 Å². The second kappa shape index (κ2) is 7.40. The Hall–Kier alpha value is -3.26. The molecule has 2 aromatic carbocycles. The maximum absolute atomic E-state index is 13.1. The van der Waals surface area contributed by atoms with Gasteiger partial charge in [-0.05, 0) is 42.5 Å². The van der Waals surface area contributed by atoms with Crippen LogP contribution in [0.1, 0.15) is 12.2 Å². The number of nitrogens with one attached hydrogen (secondary N) is 2. The summed E-state index contributed by atoms with van der Waals surface area (Å²) in [5.41, 5.74) is 2.79. The summed E-state index contributed by atoms with van der Waals surface area (Å²) in [6.45, 7) is 0.639. The van der Waals surface area contributed by atoms with E-state index < -0.39 is 5.92 Å². The average molecular weight is 382 g/mol. The summed E-state index contributed by atoms with van der Waals surface area (Å²) >= 11 is 0. The number of nitrogens with zero attached hydrogens (tertiary/aromatic N) is 2. The van der Waals surface area contributed by atoms with Crippen LogP contribution in [0.2, 0.25) is 0 Å². The van der Waals surface area contributed by atoms with E-state index in [0.29, 0.717) is 23.8 Å². The van der Waals surface area contributed by atoms with Crippen LogP contribution in [0.15, 0.2) is 42.5 Å². The number of aromatic nitrogens is 2. The van der Waals surface area contributed by atoms with Crippen LogP contribution in [0.4, 0.5) is 15.8 Å². The van der Waals surface area contributed by atoms with Crippen LogP contribution in [0.5, 0.6) is 0 Å². The lowest BCUT2D eigenvalue weighted by Crippen LogP contribution is -2.28. The third kappa shape index (κ3) is 3.59. The molecule has 7 nitrogen and oxygen atoms in total. The first-order valence-electron chi connectivity index (χ1n) is 8.88. The van der Waals surface area contributed by atoms with Gasteiger partial charge < -0.3 is 19.9 Å². The molecule has 0 radical (unpaired) electrons. The monoisotopic (exact) mass is 382 g/mol. The highest BCUT2D eigenvalue weighted by Crippen LogP contribution is 2.26. The number of rotatable bonds is 5. The molecule has 1 saturated heterocycles. The minimum atomic E-state index is -0.473. The van der Waals surface area contributed by atoms with Crippen LogP contribution < -0.4 is 10.2 Å². The van der Waals surface area contributed by atoms with E-state index in [1.807, 2.05) is 6.07 Å². The number of H-pyrrole nitrogens is 1. The van der Waals surface area contributed by atoms with Crippen LogP contribution >= 0.6 is 0 Å². The molecular formula is C20H19FN4O3. The Kier molecular flexibility index (Phi) is 4.79. The molecule has 28 heavy (non-hydrogen) atoms. The van der Waals surface area contributed by atoms with Crippen LogP contribution in [-0.2, 0) is 20.9 Å². The molecule has 1 aliphatic rings. The van der Waals surface area contributed by atoms with E-state index in [-0.39, 0.29) is 30.6 Å². The summed E-state index contributed by atoms with van der Waals surface area (Å²) in [6, 6.07) is 11.1. The van der Waals surface area contributed by atoms with Crippen LogP contribution in [0.25, 0.3) is 11.0 Å². The summed E-state index contributed by atoms with van der Waals surface area (Å²) in [7, 11) is 1.59. The molecule has 144 valence electrons. The molecule has 0 saturated carbocycles. The number of imidazole rings is 1. The molecule has 1 aromatic heterocycles. The number of halogens is 1. The minimum Gasteiger partial charge on any atom is -0.377 e. The SMILES string of the molecule is COCc1nc2ccc(NC(=O)C3CC(=O)N(c4ccc(F)cc4)C3)cc2[nH]1. The van der Waals surface area contributed by atoms with Gasteiger partial charge in [-0.25, -0.2) is 9.37 Å². The fourth-order valence-corrected chi connectivity index (χ4v) is 3.34. The van der Waals surface area contributed by atoms with E-state index in [1.54, 1.807) is 19.2 Å². The largest absolute Gasteiger partial charge is 0.377 e. The summed E-state index contributed by atoms with van der Waals surface area (Å²) in [5, 5.41) is 2.86. The van der Waals surface area contributed by atoms with Gasteiger partial charge in [0.1, 0.15) is 18.2 Å². The van der Waals surface area contributed by atoms with Gasteiger partial charge in [0, 0.05) is 31.5 Å². The number of carbonyl (C=O) groups is 2. The number of ether oxygens (including phenoxy) is 1. The van der Waals surface area contributed by atoms with Gasteiger partial charge in [0.25, 0.3) is 0 Å². The maximum Gasteiger partial charge on any atom is 0.229 e. The second-order valence-corrected chi connectivity index (χ2v) is 6.72. The molecule has 2 amide bonds. The quantitative estimate of drug-likeness (QED) is 0.710. The maximum atomic E-state index is 13.1. The standard InChI is InChI=1S/C20H19FN4O3/c1-28-11-18-23-16-7-4-14(9-17(16)24-18)22-20(27)12-8-19(26)25(10-12)15-5-2-13(21)3-6-15/h2-7,9,12H,8,10-11H2,1H3,(H,22,27)(H,23,24). The molecule has 1 fully saturated rings. The van der Waals surface area contributed by atoms with Gasteiger partial charge >= 0.3 is 0 Å². The van der Waals surface area contributed by atoms with Crippen molar-refractivity contribution in [1.29, 1.82) is 0 Å². The zero-order valence-electron chi connectivity index (χ0n) is 15.2. The summed E-state index contributed by atoms with van der Waals surface area (Å²) in [5.74, 6) is -0.516. The first kappa shape index (κ1) is 18.1. The van der Waals surface area contributed by atoms with Gasteiger partial charge in [0.05, 0.1) is 17.0 Å². The molecule has 1 atom stereocenters. The predicted octanol–water partition coefficient (Wildman–Crippen LogP) is 2.84. The summed E-state index contributed by atoms with van der Waals surface area (Å²) < 4.78 is 18.2. The Morgan fingerprint density at radius 2 is 2.11 bits per heavy atom. The van der Waals surface area contributed by atoms with Crippen LogP contribution in [0, 0.1) is 11.7 Å². The number of fused-ring (bicyclic) bond motifs is 1. The van der Waals surface area contributed by atoms with Crippen molar-refractivity contribution in [3.8, 4) is 0 Å². The van der Waals surface area contributed by atoms with Gasteiger partial charge in [-0.3, -0.25) is 9.59 Å². The van der Waals surface area contributed by atoms with Crippen LogP contribution in [0.3, 0.4) is 0 Å². The first-order chi connectivity index (χ1) is 13.5. The molecule has 2 N–H and O–H groups in total. The highest BCUT2D eigenvalue weighted by Gasteiger charge is 2.35. The van der Waals surface area contributed by atoms with E-state index in [2.05, 4.69) is 15.3 Å². The van der Waals surface area contributed by atoms with Crippen molar-refractivity contribution in [1.82, 2.24) is 9.97 Å². The molecule has 0 aliphatic carbocycles. The molecular weight excluding hydrogens is 363 g/mol. The lowest BCUT2D eigenvalue weighted by atomic mass is 10.1. The predicted molar refractivity (Wildman–Crippen MR) is 102 cm³/mol. The summed E-state index contributed by atoms with van der Waals surface area (Å²) in [4.78, 5) is 34.0. The van der Waals surface area contributed by atoms with Crippen molar-refractivity contribution in [2.24, 2.45) is 5.92 Å². The van der Waals surface area contributed by atoms with E-state index in [4.69, 9.17) is 4.74 Å². The lowest BCUT2D eigenvalue weighted by molar-refractivity contribution is -0.122. The number of anilines is 2. The van der Waals surface area contributed by atoms with Crippen molar-refractivity contribution in [3.05, 3.63) is 54.1 Å². The molecule has 1 aliphatic heterocycles. The van der Waals surface area contributed by atoms with Crippen LogP contribution in [-0.4, -0.2) is 35.4 Å². The number of hydrogen-bond donors (Lipinski definition) is 2.